The van der Waals surface area contributed by atoms with E-state index in [2.05, 4.69) is 0 Å². The molecule has 1 aromatic carbocycles. The fourth-order valence-electron chi connectivity index (χ4n) is 2.71. The Hall–Kier alpha value is -1.62. The van der Waals surface area contributed by atoms with Gasteiger partial charge in [-0.15, -0.1) is 0 Å². The van der Waals surface area contributed by atoms with Gasteiger partial charge in [-0.3, -0.25) is 4.79 Å². The van der Waals surface area contributed by atoms with E-state index in [0.29, 0.717) is 18.9 Å². The topological polar surface area (TPSA) is 55.6 Å². The molecule has 0 bridgehead atoms. The molecule has 0 saturated heterocycles. The molecule has 0 spiro atoms. The molecule has 2 N–H and O–H groups in total. The minimum absolute atomic E-state index is 0.00935. The van der Waals surface area contributed by atoms with Crippen LogP contribution in [0.1, 0.15) is 32.1 Å². The summed E-state index contributed by atoms with van der Waals surface area (Å²) in [6, 6.07) is 5.84. The van der Waals surface area contributed by atoms with Gasteiger partial charge in [-0.1, -0.05) is 19.3 Å². The molecule has 2 rings (SSSR count). The van der Waals surface area contributed by atoms with Crippen LogP contribution in [-0.4, -0.2) is 36.5 Å². The third-order valence-electron chi connectivity index (χ3n) is 4.03. The summed E-state index contributed by atoms with van der Waals surface area (Å²) in [6.45, 7) is 0.832. The molecule has 0 aliphatic heterocycles. The maximum absolute atomic E-state index is 12.8. The minimum atomic E-state index is -0.705. The lowest BCUT2D eigenvalue weighted by Crippen LogP contribution is -2.55. The Bertz CT molecular complexity index is 470. The zero-order valence-corrected chi connectivity index (χ0v) is 12.5. The second-order valence-electron chi connectivity index (χ2n) is 5.75. The lowest BCUT2D eigenvalue weighted by atomic mass is 9.81. The van der Waals surface area contributed by atoms with Gasteiger partial charge >= 0.3 is 0 Å². The Morgan fingerprint density at radius 2 is 1.90 bits per heavy atom. The summed E-state index contributed by atoms with van der Waals surface area (Å²) in [7, 11) is 1.75. The summed E-state index contributed by atoms with van der Waals surface area (Å²) in [5, 5.41) is 0. The number of nitrogens with zero attached hydrogens (tertiary/aromatic N) is 1. The molecular formula is C16H23FN2O2. The van der Waals surface area contributed by atoms with E-state index in [1.807, 2.05) is 0 Å². The summed E-state index contributed by atoms with van der Waals surface area (Å²) in [4.78, 5) is 14.0. The Labute approximate surface area is 125 Å². The third kappa shape index (κ3) is 4.17. The van der Waals surface area contributed by atoms with Gasteiger partial charge in [0, 0.05) is 7.05 Å². The minimum Gasteiger partial charge on any atom is -0.492 e. The van der Waals surface area contributed by atoms with Crippen LogP contribution in [0, 0.1) is 5.82 Å². The van der Waals surface area contributed by atoms with Gasteiger partial charge in [0.2, 0.25) is 5.91 Å². The van der Waals surface area contributed by atoms with Gasteiger partial charge in [-0.05, 0) is 37.1 Å². The molecule has 5 heteroatoms. The summed E-state index contributed by atoms with van der Waals surface area (Å²) >= 11 is 0. The van der Waals surface area contributed by atoms with E-state index in [-0.39, 0.29) is 11.7 Å². The molecule has 0 heterocycles. The summed E-state index contributed by atoms with van der Waals surface area (Å²) in [6.07, 6.45) is 4.71. The number of carbonyl (C=O) groups excluding carboxylic acids is 1. The number of carbonyl (C=O) groups is 1. The number of nitrogens with two attached hydrogens (primary N) is 1. The number of hydrogen-bond acceptors (Lipinski definition) is 3. The van der Waals surface area contributed by atoms with E-state index in [1.165, 1.54) is 12.1 Å². The highest BCUT2D eigenvalue weighted by molar-refractivity contribution is 5.86. The van der Waals surface area contributed by atoms with Crippen molar-refractivity contribution in [3.63, 3.8) is 0 Å². The average molecular weight is 294 g/mol. The quantitative estimate of drug-likeness (QED) is 0.906. The van der Waals surface area contributed by atoms with Gasteiger partial charge in [0.15, 0.2) is 0 Å². The van der Waals surface area contributed by atoms with Crippen molar-refractivity contribution in [2.45, 2.75) is 37.6 Å². The number of amides is 1. The van der Waals surface area contributed by atoms with Crippen LogP contribution in [0.3, 0.4) is 0 Å². The summed E-state index contributed by atoms with van der Waals surface area (Å²) in [5.41, 5.74) is 5.52. The Morgan fingerprint density at radius 3 is 2.52 bits per heavy atom. The van der Waals surface area contributed by atoms with E-state index in [1.54, 1.807) is 24.1 Å². The lowest BCUT2D eigenvalue weighted by Gasteiger charge is -2.35. The van der Waals surface area contributed by atoms with Crippen LogP contribution < -0.4 is 10.5 Å². The van der Waals surface area contributed by atoms with E-state index in [4.69, 9.17) is 10.5 Å². The highest BCUT2D eigenvalue weighted by Gasteiger charge is 2.37. The van der Waals surface area contributed by atoms with Gasteiger partial charge in [0.05, 0.1) is 12.1 Å². The van der Waals surface area contributed by atoms with E-state index in [0.717, 1.165) is 32.1 Å². The van der Waals surface area contributed by atoms with Crippen molar-refractivity contribution in [2.75, 3.05) is 20.2 Å². The van der Waals surface area contributed by atoms with Crippen LogP contribution in [0.5, 0.6) is 5.75 Å². The molecule has 116 valence electrons. The molecule has 1 amide bonds. The van der Waals surface area contributed by atoms with Gasteiger partial charge in [-0.25, -0.2) is 4.39 Å². The first-order chi connectivity index (χ1) is 10.0. The molecule has 1 aliphatic rings. The van der Waals surface area contributed by atoms with Crippen molar-refractivity contribution < 1.29 is 13.9 Å². The number of halogens is 1. The van der Waals surface area contributed by atoms with Crippen LogP contribution in [0.25, 0.3) is 0 Å². The van der Waals surface area contributed by atoms with Crippen molar-refractivity contribution in [1.82, 2.24) is 4.90 Å². The zero-order chi connectivity index (χ0) is 15.3. The van der Waals surface area contributed by atoms with E-state index in [9.17, 15) is 9.18 Å². The van der Waals surface area contributed by atoms with E-state index < -0.39 is 5.54 Å². The van der Waals surface area contributed by atoms with Crippen molar-refractivity contribution >= 4 is 5.91 Å². The maximum atomic E-state index is 12.8. The predicted octanol–water partition coefficient (Wildman–Crippen LogP) is 2.32. The van der Waals surface area contributed by atoms with Crippen LogP contribution in [-0.2, 0) is 4.79 Å². The molecule has 21 heavy (non-hydrogen) atoms. The number of benzene rings is 1. The molecule has 4 nitrogen and oxygen atoms in total. The molecule has 0 unspecified atom stereocenters. The third-order valence-corrected chi connectivity index (χ3v) is 4.03. The number of rotatable bonds is 5. The van der Waals surface area contributed by atoms with Gasteiger partial charge < -0.3 is 15.4 Å². The lowest BCUT2D eigenvalue weighted by molar-refractivity contribution is -0.137. The smallest absolute Gasteiger partial charge is 0.242 e. The van der Waals surface area contributed by atoms with Crippen LogP contribution in [0.15, 0.2) is 24.3 Å². The first kappa shape index (κ1) is 15.8. The average Bonchev–Trinajstić information content (AvgIpc) is 2.49. The van der Waals surface area contributed by atoms with Crippen molar-refractivity contribution in [1.29, 1.82) is 0 Å². The molecule has 0 atom stereocenters. The molecule has 0 radical (unpaired) electrons. The molecular weight excluding hydrogens is 271 g/mol. The van der Waals surface area contributed by atoms with Gasteiger partial charge in [0.1, 0.15) is 18.2 Å². The van der Waals surface area contributed by atoms with E-state index >= 15 is 0 Å². The van der Waals surface area contributed by atoms with Crippen molar-refractivity contribution in [2.24, 2.45) is 5.73 Å². The molecule has 1 aromatic rings. The summed E-state index contributed by atoms with van der Waals surface area (Å²) < 4.78 is 18.3. The second-order valence-corrected chi connectivity index (χ2v) is 5.75. The highest BCUT2D eigenvalue weighted by Crippen LogP contribution is 2.27. The molecule has 1 fully saturated rings. The second kappa shape index (κ2) is 6.89. The standard InChI is InChI=1S/C16H23FN2O2/c1-19(15(20)16(18)9-3-2-4-10-16)11-12-21-14-7-5-13(17)6-8-14/h5-8H,2-4,9-12,18H2,1H3. The fourth-order valence-corrected chi connectivity index (χ4v) is 2.71. The van der Waals surface area contributed by atoms with Crippen LogP contribution in [0.4, 0.5) is 4.39 Å². The monoisotopic (exact) mass is 294 g/mol. The molecule has 0 aromatic heterocycles. The normalized spacial score (nSPS) is 17.3. The molecule has 1 saturated carbocycles. The Balaban J connectivity index is 1.79. The van der Waals surface area contributed by atoms with Crippen molar-refractivity contribution in [3.8, 4) is 5.75 Å². The predicted molar refractivity (Wildman–Crippen MR) is 79.5 cm³/mol. The number of hydrogen-bond donors (Lipinski definition) is 1. The number of ether oxygens (including phenoxy) is 1. The first-order valence-corrected chi connectivity index (χ1v) is 7.44. The Morgan fingerprint density at radius 1 is 1.29 bits per heavy atom. The SMILES string of the molecule is CN(CCOc1ccc(F)cc1)C(=O)C1(N)CCCCC1. The van der Waals surface area contributed by atoms with Crippen LogP contribution in [0.2, 0.25) is 0 Å². The van der Waals surface area contributed by atoms with Gasteiger partial charge in [-0.2, -0.15) is 0 Å². The first-order valence-electron chi connectivity index (χ1n) is 7.44. The maximum Gasteiger partial charge on any atom is 0.242 e. The summed E-state index contributed by atoms with van der Waals surface area (Å²) in [5.74, 6) is 0.291. The molecule has 1 aliphatic carbocycles. The van der Waals surface area contributed by atoms with Crippen molar-refractivity contribution in [3.05, 3.63) is 30.1 Å². The fraction of sp³-hybridized carbons (Fsp3) is 0.562. The zero-order valence-electron chi connectivity index (χ0n) is 12.5. The number of likely N-dealkylation sites (N-methyl/N-ethyl adjacent to an activating group) is 1. The Kier molecular flexibility index (Phi) is 5.17. The van der Waals surface area contributed by atoms with Crippen LogP contribution >= 0.6 is 0 Å². The van der Waals surface area contributed by atoms with Gasteiger partial charge in [0.25, 0.3) is 0 Å². The largest absolute Gasteiger partial charge is 0.492 e. The highest BCUT2D eigenvalue weighted by atomic mass is 19.1.